The van der Waals surface area contributed by atoms with Crippen LogP contribution >= 0.6 is 0 Å². The third-order valence-corrected chi connectivity index (χ3v) is 6.14. The molecule has 0 aliphatic carbocycles. The lowest BCUT2D eigenvalue weighted by Gasteiger charge is -2.40. The topological polar surface area (TPSA) is 50.8 Å². The number of amides is 2. The predicted octanol–water partition coefficient (Wildman–Crippen LogP) is 6.14. The van der Waals surface area contributed by atoms with E-state index in [9.17, 15) is 4.79 Å². The van der Waals surface area contributed by atoms with Crippen molar-refractivity contribution in [3.8, 4) is 11.5 Å². The Labute approximate surface area is 202 Å². The molecule has 0 aromatic heterocycles. The molecule has 0 spiro atoms. The molecular formula is C29H34N2O3. The SMILES string of the molecule is CCCCCNC(=O)N1CC(c2ccc(OCc3ccccc3)cc2OCc2ccccc2)C1. The molecule has 0 bridgehead atoms. The highest BCUT2D eigenvalue weighted by atomic mass is 16.5. The van der Waals surface area contributed by atoms with Crippen LogP contribution in [0, 0.1) is 0 Å². The average molecular weight is 459 g/mol. The van der Waals surface area contributed by atoms with Gasteiger partial charge in [-0.05, 0) is 23.6 Å². The van der Waals surface area contributed by atoms with Crippen LogP contribution in [0.25, 0.3) is 0 Å². The van der Waals surface area contributed by atoms with Gasteiger partial charge in [0, 0.05) is 37.2 Å². The van der Waals surface area contributed by atoms with Crippen LogP contribution in [0.2, 0.25) is 0 Å². The van der Waals surface area contributed by atoms with Crippen molar-refractivity contribution in [1.82, 2.24) is 10.2 Å². The first-order valence-electron chi connectivity index (χ1n) is 12.2. The molecule has 5 nitrogen and oxygen atoms in total. The number of rotatable bonds is 11. The van der Waals surface area contributed by atoms with Gasteiger partial charge in [0.1, 0.15) is 24.7 Å². The highest BCUT2D eigenvalue weighted by Crippen LogP contribution is 2.36. The zero-order valence-corrected chi connectivity index (χ0v) is 19.9. The molecular weight excluding hydrogens is 424 g/mol. The summed E-state index contributed by atoms with van der Waals surface area (Å²) in [6, 6.07) is 26.4. The van der Waals surface area contributed by atoms with Gasteiger partial charge < -0.3 is 19.7 Å². The molecule has 34 heavy (non-hydrogen) atoms. The minimum atomic E-state index is 0.0296. The lowest BCUT2D eigenvalue weighted by atomic mass is 9.91. The molecule has 178 valence electrons. The minimum Gasteiger partial charge on any atom is -0.489 e. The average Bonchev–Trinajstić information content (AvgIpc) is 2.85. The number of ether oxygens (including phenoxy) is 2. The molecule has 1 fully saturated rings. The largest absolute Gasteiger partial charge is 0.489 e. The second kappa shape index (κ2) is 12.1. The second-order valence-corrected chi connectivity index (χ2v) is 8.79. The summed E-state index contributed by atoms with van der Waals surface area (Å²) >= 11 is 0. The number of nitrogens with zero attached hydrogens (tertiary/aromatic N) is 1. The van der Waals surface area contributed by atoms with Crippen molar-refractivity contribution < 1.29 is 14.3 Å². The van der Waals surface area contributed by atoms with Gasteiger partial charge in [0.05, 0.1) is 0 Å². The summed E-state index contributed by atoms with van der Waals surface area (Å²) in [6.45, 7) is 5.30. The summed E-state index contributed by atoms with van der Waals surface area (Å²) < 4.78 is 12.3. The smallest absolute Gasteiger partial charge is 0.317 e. The molecule has 3 aromatic rings. The molecule has 3 aromatic carbocycles. The van der Waals surface area contributed by atoms with Gasteiger partial charge >= 0.3 is 6.03 Å². The Bertz CT molecular complexity index is 1030. The van der Waals surface area contributed by atoms with Crippen LogP contribution in [-0.2, 0) is 13.2 Å². The predicted molar refractivity (Wildman–Crippen MR) is 135 cm³/mol. The molecule has 0 atom stereocenters. The van der Waals surface area contributed by atoms with E-state index in [0.29, 0.717) is 26.3 Å². The van der Waals surface area contributed by atoms with Crippen molar-refractivity contribution in [2.75, 3.05) is 19.6 Å². The van der Waals surface area contributed by atoms with E-state index in [-0.39, 0.29) is 11.9 Å². The van der Waals surface area contributed by atoms with Gasteiger partial charge in [-0.1, -0.05) is 86.5 Å². The van der Waals surface area contributed by atoms with Gasteiger partial charge in [0.15, 0.2) is 0 Å². The van der Waals surface area contributed by atoms with E-state index in [0.717, 1.165) is 54.0 Å². The van der Waals surface area contributed by atoms with Crippen molar-refractivity contribution >= 4 is 6.03 Å². The van der Waals surface area contributed by atoms with E-state index < -0.39 is 0 Å². The van der Waals surface area contributed by atoms with Gasteiger partial charge in [-0.2, -0.15) is 0 Å². The minimum absolute atomic E-state index is 0.0296. The normalized spacial score (nSPS) is 13.3. The van der Waals surface area contributed by atoms with Crippen LogP contribution in [0.1, 0.15) is 48.8 Å². The number of benzene rings is 3. The van der Waals surface area contributed by atoms with Gasteiger partial charge in [-0.15, -0.1) is 0 Å². The van der Waals surface area contributed by atoms with Gasteiger partial charge in [-0.3, -0.25) is 0 Å². The van der Waals surface area contributed by atoms with E-state index in [2.05, 4.69) is 42.6 Å². The fourth-order valence-electron chi connectivity index (χ4n) is 4.07. The van der Waals surface area contributed by atoms with Crippen molar-refractivity contribution in [2.24, 2.45) is 0 Å². The second-order valence-electron chi connectivity index (χ2n) is 8.79. The van der Waals surface area contributed by atoms with Gasteiger partial charge in [0.2, 0.25) is 0 Å². The number of likely N-dealkylation sites (tertiary alicyclic amines) is 1. The molecule has 1 N–H and O–H groups in total. The Kier molecular flexibility index (Phi) is 8.44. The van der Waals surface area contributed by atoms with E-state index in [1.165, 1.54) is 0 Å². The molecule has 1 saturated heterocycles. The Morgan fingerprint density at radius 1 is 0.882 bits per heavy atom. The Morgan fingerprint density at radius 3 is 2.18 bits per heavy atom. The summed E-state index contributed by atoms with van der Waals surface area (Å²) in [5.74, 6) is 1.86. The highest BCUT2D eigenvalue weighted by molar-refractivity contribution is 5.75. The van der Waals surface area contributed by atoms with E-state index in [1.54, 1.807) is 0 Å². The Balaban J connectivity index is 1.40. The number of unbranched alkanes of at least 4 members (excludes halogenated alkanes) is 2. The third-order valence-electron chi connectivity index (χ3n) is 6.14. The molecule has 0 unspecified atom stereocenters. The van der Waals surface area contributed by atoms with Crippen molar-refractivity contribution in [3.05, 3.63) is 95.6 Å². The number of hydrogen-bond donors (Lipinski definition) is 1. The number of urea groups is 1. The summed E-state index contributed by atoms with van der Waals surface area (Å²) in [4.78, 5) is 14.3. The van der Waals surface area contributed by atoms with Crippen LogP contribution in [0.5, 0.6) is 11.5 Å². The van der Waals surface area contributed by atoms with Crippen molar-refractivity contribution in [2.45, 2.75) is 45.3 Å². The number of hydrogen-bond acceptors (Lipinski definition) is 3. The molecule has 4 rings (SSSR count). The van der Waals surface area contributed by atoms with E-state index in [4.69, 9.17) is 9.47 Å². The fraction of sp³-hybridized carbons (Fsp3) is 0.345. The summed E-state index contributed by atoms with van der Waals surface area (Å²) in [5.41, 5.74) is 3.36. The first-order chi connectivity index (χ1) is 16.7. The maximum Gasteiger partial charge on any atom is 0.317 e. The summed E-state index contributed by atoms with van der Waals surface area (Å²) in [7, 11) is 0. The molecule has 0 saturated carbocycles. The first kappa shape index (κ1) is 23.7. The van der Waals surface area contributed by atoms with Crippen LogP contribution in [0.3, 0.4) is 0 Å². The van der Waals surface area contributed by atoms with E-state index in [1.807, 2.05) is 53.4 Å². The number of carbonyl (C=O) groups excluding carboxylic acids is 1. The fourth-order valence-corrected chi connectivity index (χ4v) is 4.07. The molecule has 1 aliphatic heterocycles. The van der Waals surface area contributed by atoms with Crippen molar-refractivity contribution in [1.29, 1.82) is 0 Å². The van der Waals surface area contributed by atoms with Gasteiger partial charge in [0.25, 0.3) is 0 Å². The van der Waals surface area contributed by atoms with Crippen LogP contribution in [-0.4, -0.2) is 30.6 Å². The molecule has 1 heterocycles. The summed E-state index contributed by atoms with van der Waals surface area (Å²) in [5, 5.41) is 3.03. The molecule has 0 radical (unpaired) electrons. The third kappa shape index (κ3) is 6.53. The first-order valence-corrected chi connectivity index (χ1v) is 12.2. The number of carbonyl (C=O) groups is 1. The number of nitrogens with one attached hydrogen (secondary N) is 1. The standard InChI is InChI=1S/C29H34N2O3/c1-2-3-10-17-30-29(32)31-19-25(20-31)27-16-15-26(33-21-23-11-6-4-7-12-23)18-28(27)34-22-24-13-8-5-9-14-24/h4-9,11-16,18,25H,2-3,10,17,19-22H2,1H3,(H,30,32). The van der Waals surface area contributed by atoms with E-state index >= 15 is 0 Å². The zero-order valence-electron chi connectivity index (χ0n) is 19.9. The lowest BCUT2D eigenvalue weighted by molar-refractivity contribution is 0.149. The zero-order chi connectivity index (χ0) is 23.6. The molecule has 1 aliphatic rings. The van der Waals surface area contributed by atoms with Gasteiger partial charge in [-0.25, -0.2) is 4.79 Å². The van der Waals surface area contributed by atoms with Crippen LogP contribution in [0.15, 0.2) is 78.9 Å². The maximum atomic E-state index is 12.4. The Hall–Kier alpha value is -3.47. The monoisotopic (exact) mass is 458 g/mol. The Morgan fingerprint density at radius 2 is 1.53 bits per heavy atom. The quantitative estimate of drug-likeness (QED) is 0.351. The summed E-state index contributed by atoms with van der Waals surface area (Å²) in [6.07, 6.45) is 3.32. The van der Waals surface area contributed by atoms with Crippen LogP contribution < -0.4 is 14.8 Å². The highest BCUT2D eigenvalue weighted by Gasteiger charge is 2.33. The van der Waals surface area contributed by atoms with Crippen molar-refractivity contribution in [3.63, 3.8) is 0 Å². The lowest BCUT2D eigenvalue weighted by Crippen LogP contribution is -2.52. The maximum absolute atomic E-state index is 12.4. The molecule has 5 heteroatoms. The molecule has 2 amide bonds. The van der Waals surface area contributed by atoms with Crippen LogP contribution in [0.4, 0.5) is 4.79 Å².